The molecule has 0 aromatic rings. The number of aliphatic carboxylic acids is 1. The van der Waals surface area contributed by atoms with Crippen molar-refractivity contribution in [1.29, 1.82) is 0 Å². The lowest BCUT2D eigenvalue weighted by Gasteiger charge is -2.15. The fourth-order valence-electron chi connectivity index (χ4n) is 0.878. The zero-order valence-corrected chi connectivity index (χ0v) is 8.74. The molecule has 5 nitrogen and oxygen atoms in total. The second-order valence-corrected chi connectivity index (χ2v) is 3.20. The molecule has 0 radical (unpaired) electrons. The molecule has 0 aliphatic carbocycles. The highest BCUT2D eigenvalue weighted by atomic mass is 16.5. The van der Waals surface area contributed by atoms with Crippen molar-refractivity contribution in [3.63, 3.8) is 0 Å². The Kier molecular flexibility index (Phi) is 5.87. The quantitative estimate of drug-likeness (QED) is 0.600. The molecule has 2 unspecified atom stereocenters. The monoisotopic (exact) mass is 203 g/mol. The summed E-state index contributed by atoms with van der Waals surface area (Å²) in [6.45, 7) is 3.95. The van der Waals surface area contributed by atoms with Crippen molar-refractivity contribution in [3.8, 4) is 0 Å². The van der Waals surface area contributed by atoms with E-state index in [0.717, 1.165) is 0 Å². The molecule has 0 rings (SSSR count). The molecule has 0 fully saturated rings. The summed E-state index contributed by atoms with van der Waals surface area (Å²) < 4.78 is 4.75. The van der Waals surface area contributed by atoms with Gasteiger partial charge in [0, 0.05) is 19.6 Å². The molecule has 2 N–H and O–H groups in total. The molecule has 0 aliphatic heterocycles. The lowest BCUT2D eigenvalue weighted by Crippen LogP contribution is -2.36. The minimum atomic E-state index is -0.959. The van der Waals surface area contributed by atoms with Crippen LogP contribution in [0.1, 0.15) is 13.8 Å². The van der Waals surface area contributed by atoms with Gasteiger partial charge >= 0.3 is 5.97 Å². The fourth-order valence-corrected chi connectivity index (χ4v) is 0.878. The number of nitrogens with one attached hydrogen (secondary N) is 1. The molecular formula is C9H17NO4. The topological polar surface area (TPSA) is 75.6 Å². The van der Waals surface area contributed by atoms with Gasteiger partial charge in [-0.15, -0.1) is 0 Å². The number of ether oxygens (including phenoxy) is 1. The number of hydrogen-bond acceptors (Lipinski definition) is 3. The van der Waals surface area contributed by atoms with E-state index in [-0.39, 0.29) is 5.91 Å². The largest absolute Gasteiger partial charge is 0.481 e. The molecule has 0 heterocycles. The Labute approximate surface area is 83.4 Å². The first-order valence-corrected chi connectivity index (χ1v) is 4.50. The van der Waals surface area contributed by atoms with Gasteiger partial charge in [-0.3, -0.25) is 9.59 Å². The molecule has 0 aromatic carbocycles. The first-order chi connectivity index (χ1) is 6.50. The van der Waals surface area contributed by atoms with Crippen LogP contribution < -0.4 is 5.32 Å². The molecule has 82 valence electrons. The molecule has 0 bridgehead atoms. The molecule has 0 saturated heterocycles. The average Bonchev–Trinajstić information content (AvgIpc) is 2.15. The van der Waals surface area contributed by atoms with Gasteiger partial charge in [0.1, 0.15) is 0 Å². The van der Waals surface area contributed by atoms with E-state index in [1.54, 1.807) is 6.92 Å². The Balaban J connectivity index is 3.92. The molecule has 0 saturated carbocycles. The minimum Gasteiger partial charge on any atom is -0.481 e. The Bertz CT molecular complexity index is 205. The molecule has 14 heavy (non-hydrogen) atoms. The summed E-state index contributed by atoms with van der Waals surface area (Å²) in [7, 11) is 1.54. The van der Waals surface area contributed by atoms with E-state index in [2.05, 4.69) is 5.32 Å². The van der Waals surface area contributed by atoms with Gasteiger partial charge in [-0.1, -0.05) is 13.8 Å². The highest BCUT2D eigenvalue weighted by Gasteiger charge is 2.25. The van der Waals surface area contributed by atoms with Crippen LogP contribution in [-0.2, 0) is 14.3 Å². The lowest BCUT2D eigenvalue weighted by molar-refractivity contribution is -0.146. The highest BCUT2D eigenvalue weighted by Crippen LogP contribution is 2.10. The van der Waals surface area contributed by atoms with Crippen LogP contribution in [0.5, 0.6) is 0 Å². The number of carboxylic acid groups (broad SMARTS) is 1. The molecule has 1 amide bonds. The Morgan fingerprint density at radius 1 is 1.36 bits per heavy atom. The standard InChI is InChI=1S/C9H17NO4/c1-6(7(2)9(12)13)8(11)10-4-5-14-3/h6-7H,4-5H2,1-3H3,(H,10,11)(H,12,13). The summed E-state index contributed by atoms with van der Waals surface area (Å²) in [5.41, 5.74) is 0. The first kappa shape index (κ1) is 12.9. The predicted octanol–water partition coefficient (Wildman–Crippen LogP) is 0.106. The summed E-state index contributed by atoms with van der Waals surface area (Å²) in [5, 5.41) is 11.3. The molecular weight excluding hydrogens is 186 g/mol. The number of amides is 1. The predicted molar refractivity (Wildman–Crippen MR) is 50.8 cm³/mol. The number of carboxylic acids is 1. The van der Waals surface area contributed by atoms with Gasteiger partial charge in [0.05, 0.1) is 12.5 Å². The SMILES string of the molecule is COCCNC(=O)C(C)C(C)C(=O)O. The second-order valence-electron chi connectivity index (χ2n) is 3.20. The van der Waals surface area contributed by atoms with E-state index in [9.17, 15) is 9.59 Å². The van der Waals surface area contributed by atoms with Crippen molar-refractivity contribution in [1.82, 2.24) is 5.32 Å². The summed E-state index contributed by atoms with van der Waals surface area (Å²) in [6.07, 6.45) is 0. The van der Waals surface area contributed by atoms with Gasteiger partial charge in [0.25, 0.3) is 0 Å². The van der Waals surface area contributed by atoms with Crippen molar-refractivity contribution in [3.05, 3.63) is 0 Å². The summed E-state index contributed by atoms with van der Waals surface area (Å²) in [4.78, 5) is 21.9. The molecule has 0 spiro atoms. The van der Waals surface area contributed by atoms with Crippen LogP contribution in [-0.4, -0.2) is 37.2 Å². The minimum absolute atomic E-state index is 0.253. The van der Waals surface area contributed by atoms with Crippen LogP contribution in [0, 0.1) is 11.8 Å². The van der Waals surface area contributed by atoms with E-state index >= 15 is 0 Å². The fraction of sp³-hybridized carbons (Fsp3) is 0.778. The molecule has 5 heteroatoms. The Morgan fingerprint density at radius 3 is 2.36 bits per heavy atom. The summed E-state index contributed by atoms with van der Waals surface area (Å²) in [6, 6.07) is 0. The van der Waals surface area contributed by atoms with E-state index in [4.69, 9.17) is 9.84 Å². The second kappa shape index (κ2) is 6.37. The third-order valence-corrected chi connectivity index (χ3v) is 2.16. The van der Waals surface area contributed by atoms with E-state index in [0.29, 0.717) is 13.2 Å². The lowest BCUT2D eigenvalue weighted by atomic mass is 9.95. The van der Waals surface area contributed by atoms with Crippen molar-refractivity contribution in [2.24, 2.45) is 11.8 Å². The maximum Gasteiger partial charge on any atom is 0.307 e. The summed E-state index contributed by atoms with van der Waals surface area (Å²) in [5.74, 6) is -2.40. The number of hydrogen-bond donors (Lipinski definition) is 2. The first-order valence-electron chi connectivity index (χ1n) is 4.50. The smallest absolute Gasteiger partial charge is 0.307 e. The van der Waals surface area contributed by atoms with Crippen LogP contribution >= 0.6 is 0 Å². The van der Waals surface area contributed by atoms with Crippen molar-refractivity contribution >= 4 is 11.9 Å². The maximum absolute atomic E-state index is 11.3. The van der Waals surface area contributed by atoms with Gasteiger partial charge < -0.3 is 15.2 Å². The molecule has 2 atom stereocenters. The average molecular weight is 203 g/mol. The van der Waals surface area contributed by atoms with Gasteiger partial charge in [0.2, 0.25) is 5.91 Å². The van der Waals surface area contributed by atoms with Gasteiger partial charge in [-0.2, -0.15) is 0 Å². The van der Waals surface area contributed by atoms with E-state index in [1.165, 1.54) is 14.0 Å². The third-order valence-electron chi connectivity index (χ3n) is 2.16. The zero-order valence-electron chi connectivity index (χ0n) is 8.74. The highest BCUT2D eigenvalue weighted by molar-refractivity contribution is 5.84. The molecule has 0 aliphatic rings. The number of carbonyl (C=O) groups is 2. The Morgan fingerprint density at radius 2 is 1.93 bits per heavy atom. The van der Waals surface area contributed by atoms with Crippen LogP contribution in [0.4, 0.5) is 0 Å². The Hall–Kier alpha value is -1.10. The number of rotatable bonds is 6. The molecule has 0 aromatic heterocycles. The maximum atomic E-state index is 11.3. The van der Waals surface area contributed by atoms with Crippen LogP contribution in [0.3, 0.4) is 0 Å². The number of carbonyl (C=O) groups excluding carboxylic acids is 1. The van der Waals surface area contributed by atoms with Gasteiger partial charge in [-0.25, -0.2) is 0 Å². The van der Waals surface area contributed by atoms with E-state index < -0.39 is 17.8 Å². The van der Waals surface area contributed by atoms with Crippen LogP contribution in [0.2, 0.25) is 0 Å². The van der Waals surface area contributed by atoms with Gasteiger partial charge in [0.15, 0.2) is 0 Å². The van der Waals surface area contributed by atoms with Gasteiger partial charge in [-0.05, 0) is 0 Å². The van der Waals surface area contributed by atoms with Crippen LogP contribution in [0.25, 0.3) is 0 Å². The zero-order chi connectivity index (χ0) is 11.1. The van der Waals surface area contributed by atoms with Crippen LogP contribution in [0.15, 0.2) is 0 Å². The van der Waals surface area contributed by atoms with E-state index in [1.807, 2.05) is 0 Å². The normalized spacial score (nSPS) is 14.5. The number of methoxy groups -OCH3 is 1. The van der Waals surface area contributed by atoms with Crippen molar-refractivity contribution in [2.75, 3.05) is 20.3 Å². The third kappa shape index (κ3) is 4.23. The van der Waals surface area contributed by atoms with Crippen molar-refractivity contribution < 1.29 is 19.4 Å². The summed E-state index contributed by atoms with van der Waals surface area (Å²) >= 11 is 0. The van der Waals surface area contributed by atoms with Crippen molar-refractivity contribution in [2.45, 2.75) is 13.8 Å².